The van der Waals surface area contributed by atoms with Gasteiger partial charge in [0.05, 0.1) is 0 Å². The standard InChI is InChI=1S/C21H25NO5S/c1-21(2)20(16-8-10-18(24)11-9-16)28(25,26)22-19(27-21)14-17(12-13-23)15-6-4-3-5-7-15/h3-11,17,20,23-24H,12-14H2,1-2H3/t17-,20?/m1/s1. The van der Waals surface area contributed by atoms with Gasteiger partial charge in [0, 0.05) is 13.0 Å². The minimum atomic E-state index is -3.87. The molecule has 1 unspecified atom stereocenters. The molecule has 2 aromatic rings. The van der Waals surface area contributed by atoms with Crippen molar-refractivity contribution in [1.29, 1.82) is 0 Å². The zero-order chi connectivity index (χ0) is 20.4. The van der Waals surface area contributed by atoms with Crippen LogP contribution in [0.2, 0.25) is 0 Å². The predicted octanol–water partition coefficient (Wildman–Crippen LogP) is 3.53. The van der Waals surface area contributed by atoms with Gasteiger partial charge in [-0.1, -0.05) is 42.5 Å². The molecule has 0 aliphatic carbocycles. The number of aliphatic hydroxyl groups is 1. The molecule has 2 N–H and O–H groups in total. The number of hydrogen-bond acceptors (Lipinski definition) is 5. The Morgan fingerprint density at radius 1 is 1.11 bits per heavy atom. The van der Waals surface area contributed by atoms with Crippen molar-refractivity contribution in [1.82, 2.24) is 0 Å². The van der Waals surface area contributed by atoms with Crippen molar-refractivity contribution in [2.45, 2.75) is 43.5 Å². The van der Waals surface area contributed by atoms with E-state index in [1.165, 1.54) is 12.1 Å². The number of rotatable bonds is 6. The Morgan fingerprint density at radius 2 is 1.75 bits per heavy atom. The van der Waals surface area contributed by atoms with Gasteiger partial charge in [0.15, 0.2) is 0 Å². The molecule has 0 saturated carbocycles. The van der Waals surface area contributed by atoms with E-state index in [0.717, 1.165) is 5.56 Å². The Hall–Kier alpha value is -2.38. The van der Waals surface area contributed by atoms with Crippen LogP contribution in [0.25, 0.3) is 0 Å². The van der Waals surface area contributed by atoms with Crippen LogP contribution in [0.5, 0.6) is 5.75 Å². The van der Waals surface area contributed by atoms with Crippen LogP contribution < -0.4 is 0 Å². The molecule has 0 spiro atoms. The summed E-state index contributed by atoms with van der Waals surface area (Å²) in [7, 11) is -3.87. The van der Waals surface area contributed by atoms with Crippen LogP contribution in [-0.2, 0) is 14.8 Å². The number of nitrogens with zero attached hydrogens (tertiary/aromatic N) is 1. The van der Waals surface area contributed by atoms with E-state index in [0.29, 0.717) is 12.0 Å². The average molecular weight is 404 g/mol. The van der Waals surface area contributed by atoms with E-state index in [2.05, 4.69) is 4.40 Å². The van der Waals surface area contributed by atoms with Crippen LogP contribution in [0.4, 0.5) is 0 Å². The van der Waals surface area contributed by atoms with Crippen molar-refractivity contribution >= 4 is 15.9 Å². The van der Waals surface area contributed by atoms with Crippen molar-refractivity contribution in [3.05, 3.63) is 65.7 Å². The van der Waals surface area contributed by atoms with E-state index in [9.17, 15) is 18.6 Å². The van der Waals surface area contributed by atoms with Gasteiger partial charge in [-0.3, -0.25) is 0 Å². The molecule has 28 heavy (non-hydrogen) atoms. The van der Waals surface area contributed by atoms with Gasteiger partial charge in [0.1, 0.15) is 16.6 Å². The van der Waals surface area contributed by atoms with Crippen LogP contribution in [0.1, 0.15) is 49.0 Å². The summed E-state index contributed by atoms with van der Waals surface area (Å²) in [6.07, 6.45) is 0.768. The second-order valence-electron chi connectivity index (χ2n) is 7.50. The van der Waals surface area contributed by atoms with Crippen molar-refractivity contribution in [3.8, 4) is 5.75 Å². The minimum absolute atomic E-state index is 0.0148. The van der Waals surface area contributed by atoms with Gasteiger partial charge in [-0.25, -0.2) is 8.42 Å². The summed E-state index contributed by atoms with van der Waals surface area (Å²) in [6, 6.07) is 15.7. The Kier molecular flexibility index (Phi) is 5.76. The molecular weight excluding hydrogens is 378 g/mol. The highest BCUT2D eigenvalue weighted by Crippen LogP contribution is 2.42. The highest BCUT2D eigenvalue weighted by Gasteiger charge is 2.47. The lowest BCUT2D eigenvalue weighted by Gasteiger charge is -2.38. The summed E-state index contributed by atoms with van der Waals surface area (Å²) in [5, 5.41) is 17.9. The molecule has 0 bridgehead atoms. The molecule has 0 saturated heterocycles. The number of aromatic hydroxyl groups is 1. The fraction of sp³-hybridized carbons (Fsp3) is 0.381. The van der Waals surface area contributed by atoms with Crippen LogP contribution >= 0.6 is 0 Å². The number of benzene rings is 2. The number of hydrogen-bond donors (Lipinski definition) is 2. The fourth-order valence-corrected chi connectivity index (χ4v) is 5.48. The maximum absolute atomic E-state index is 13.0. The Bertz CT molecular complexity index is 937. The van der Waals surface area contributed by atoms with Gasteiger partial charge in [-0.15, -0.1) is 4.40 Å². The number of aliphatic hydroxyl groups excluding tert-OH is 1. The number of ether oxygens (including phenoxy) is 1. The van der Waals surface area contributed by atoms with E-state index >= 15 is 0 Å². The average Bonchev–Trinajstić information content (AvgIpc) is 2.62. The SMILES string of the molecule is CC1(C)OC(C[C@@H](CCO)c2ccccc2)=NS(=O)(=O)C1c1ccc(O)cc1. The third-order valence-electron chi connectivity index (χ3n) is 4.90. The highest BCUT2D eigenvalue weighted by atomic mass is 32.2. The van der Waals surface area contributed by atoms with Crippen LogP contribution in [-0.4, -0.2) is 36.7 Å². The highest BCUT2D eigenvalue weighted by molar-refractivity contribution is 7.90. The van der Waals surface area contributed by atoms with E-state index in [1.54, 1.807) is 26.0 Å². The van der Waals surface area contributed by atoms with Gasteiger partial charge in [0.2, 0.25) is 5.90 Å². The lowest BCUT2D eigenvalue weighted by molar-refractivity contribution is 0.0797. The smallest absolute Gasteiger partial charge is 0.267 e. The second kappa shape index (κ2) is 7.93. The topological polar surface area (TPSA) is 96.2 Å². The van der Waals surface area contributed by atoms with E-state index in [1.807, 2.05) is 30.3 Å². The molecule has 0 radical (unpaired) electrons. The quantitative estimate of drug-likeness (QED) is 0.769. The normalized spacial score (nSPS) is 21.4. The third kappa shape index (κ3) is 4.36. The van der Waals surface area contributed by atoms with Crippen molar-refractivity contribution in [2.75, 3.05) is 6.61 Å². The minimum Gasteiger partial charge on any atom is -0.508 e. The molecule has 150 valence electrons. The Morgan fingerprint density at radius 3 is 2.32 bits per heavy atom. The summed E-state index contributed by atoms with van der Waals surface area (Å²) < 4.78 is 36.0. The molecule has 7 heteroatoms. The summed E-state index contributed by atoms with van der Waals surface area (Å²) in [5.74, 6) is 0.123. The summed E-state index contributed by atoms with van der Waals surface area (Å²) in [5.41, 5.74) is 0.479. The van der Waals surface area contributed by atoms with E-state index in [-0.39, 0.29) is 30.6 Å². The van der Waals surface area contributed by atoms with Crippen LogP contribution in [0.15, 0.2) is 59.0 Å². The van der Waals surface area contributed by atoms with Crippen LogP contribution in [0, 0.1) is 0 Å². The molecule has 0 amide bonds. The zero-order valence-electron chi connectivity index (χ0n) is 15.9. The first-order chi connectivity index (χ1) is 13.2. The molecule has 6 nitrogen and oxygen atoms in total. The summed E-state index contributed by atoms with van der Waals surface area (Å²) in [4.78, 5) is 0. The molecule has 0 fully saturated rings. The molecule has 1 heterocycles. The molecule has 2 atom stereocenters. The Labute approximate surface area is 165 Å². The first-order valence-electron chi connectivity index (χ1n) is 9.19. The second-order valence-corrected chi connectivity index (χ2v) is 9.19. The summed E-state index contributed by atoms with van der Waals surface area (Å²) in [6.45, 7) is 3.43. The maximum Gasteiger partial charge on any atom is 0.267 e. The first kappa shape index (κ1) is 20.4. The fourth-order valence-electron chi connectivity index (χ4n) is 3.71. The third-order valence-corrected chi connectivity index (χ3v) is 6.80. The molecular formula is C21H25NO5S. The number of sulfonamides is 1. The van der Waals surface area contributed by atoms with Crippen LogP contribution in [0.3, 0.4) is 0 Å². The van der Waals surface area contributed by atoms with Gasteiger partial charge in [-0.05, 0) is 49.4 Å². The van der Waals surface area contributed by atoms with Crippen molar-refractivity contribution in [3.63, 3.8) is 0 Å². The van der Waals surface area contributed by atoms with Gasteiger partial charge < -0.3 is 14.9 Å². The lowest BCUT2D eigenvalue weighted by Crippen LogP contribution is -2.43. The Balaban J connectivity index is 1.93. The zero-order valence-corrected chi connectivity index (χ0v) is 16.8. The van der Waals surface area contributed by atoms with E-state index in [4.69, 9.17) is 4.74 Å². The van der Waals surface area contributed by atoms with Crippen molar-refractivity contribution in [2.24, 2.45) is 4.40 Å². The molecule has 3 rings (SSSR count). The first-order valence-corrected chi connectivity index (χ1v) is 10.7. The molecule has 1 aliphatic rings. The summed E-state index contributed by atoms with van der Waals surface area (Å²) >= 11 is 0. The molecule has 1 aliphatic heterocycles. The monoisotopic (exact) mass is 403 g/mol. The number of phenols is 1. The van der Waals surface area contributed by atoms with Gasteiger partial charge in [-0.2, -0.15) is 0 Å². The van der Waals surface area contributed by atoms with Gasteiger partial charge in [0.25, 0.3) is 10.0 Å². The van der Waals surface area contributed by atoms with E-state index < -0.39 is 20.9 Å². The maximum atomic E-state index is 13.0. The lowest BCUT2D eigenvalue weighted by atomic mass is 9.92. The predicted molar refractivity (Wildman–Crippen MR) is 108 cm³/mol. The molecule has 2 aromatic carbocycles. The number of phenolic OH excluding ortho intramolecular Hbond substituents is 1. The molecule has 0 aromatic heterocycles. The largest absolute Gasteiger partial charge is 0.508 e. The van der Waals surface area contributed by atoms with Gasteiger partial charge >= 0.3 is 0 Å². The van der Waals surface area contributed by atoms with Crippen molar-refractivity contribution < 1.29 is 23.4 Å².